The van der Waals surface area contributed by atoms with Crippen molar-refractivity contribution in [3.8, 4) is 0 Å². The third-order valence-corrected chi connectivity index (χ3v) is 3.17. The molecule has 1 heterocycles. The molecule has 0 fully saturated rings. The summed E-state index contributed by atoms with van der Waals surface area (Å²) in [4.78, 5) is 31.5. The van der Waals surface area contributed by atoms with E-state index in [0.29, 0.717) is 18.1 Å². The molecule has 21 heavy (non-hydrogen) atoms. The van der Waals surface area contributed by atoms with Gasteiger partial charge in [0, 0.05) is 24.3 Å². The number of nitrogens with one attached hydrogen (secondary N) is 1. The van der Waals surface area contributed by atoms with Gasteiger partial charge < -0.3 is 9.88 Å². The van der Waals surface area contributed by atoms with Crippen LogP contribution in [0.3, 0.4) is 0 Å². The van der Waals surface area contributed by atoms with Crippen molar-refractivity contribution in [1.29, 1.82) is 0 Å². The lowest BCUT2D eigenvalue weighted by Gasteiger charge is -2.21. The van der Waals surface area contributed by atoms with E-state index in [1.165, 1.54) is 6.20 Å². The van der Waals surface area contributed by atoms with Crippen LogP contribution in [0.5, 0.6) is 0 Å². The number of H-pyrrole nitrogens is 1. The van der Waals surface area contributed by atoms with Gasteiger partial charge in [-0.15, -0.1) is 0 Å². The van der Waals surface area contributed by atoms with Crippen molar-refractivity contribution >= 4 is 17.5 Å². The topological polar surface area (TPSA) is 66.1 Å². The summed E-state index contributed by atoms with van der Waals surface area (Å²) in [6, 6.07) is 7.39. The molecule has 0 aliphatic carbocycles. The number of nitrogens with zero attached hydrogens (tertiary/aromatic N) is 2. The summed E-state index contributed by atoms with van der Waals surface area (Å²) in [5.74, 6) is -0.215. The van der Waals surface area contributed by atoms with E-state index < -0.39 is 0 Å². The minimum atomic E-state index is -0.330. The van der Waals surface area contributed by atoms with Gasteiger partial charge in [-0.05, 0) is 24.1 Å². The Morgan fingerprint density at radius 1 is 1.43 bits per heavy atom. The van der Waals surface area contributed by atoms with E-state index >= 15 is 0 Å². The summed E-state index contributed by atoms with van der Waals surface area (Å²) in [6.45, 7) is 3.05. The van der Waals surface area contributed by atoms with Crippen LogP contribution >= 0.6 is 11.6 Å². The first-order valence-corrected chi connectivity index (χ1v) is 7.06. The van der Waals surface area contributed by atoms with Gasteiger partial charge >= 0.3 is 0 Å². The van der Waals surface area contributed by atoms with Gasteiger partial charge in [-0.1, -0.05) is 30.7 Å². The lowest BCUT2D eigenvalue weighted by Crippen LogP contribution is -2.32. The Morgan fingerprint density at radius 3 is 2.86 bits per heavy atom. The standard InChI is InChI=1S/C15H16ClN3O2/c1-2-6-19(10-11-4-3-5-12(16)7-11)15(21)13-8-18-14(20)9-17-13/h3-5,7-9H,2,6,10H2,1H3,(H,18,20). The van der Waals surface area contributed by atoms with Crippen LogP contribution < -0.4 is 5.56 Å². The van der Waals surface area contributed by atoms with E-state index in [0.717, 1.165) is 18.2 Å². The van der Waals surface area contributed by atoms with Crippen molar-refractivity contribution in [1.82, 2.24) is 14.9 Å². The van der Waals surface area contributed by atoms with Gasteiger partial charge in [0.2, 0.25) is 0 Å². The van der Waals surface area contributed by atoms with Crippen molar-refractivity contribution < 1.29 is 4.79 Å². The molecule has 6 heteroatoms. The number of aromatic amines is 1. The van der Waals surface area contributed by atoms with Crippen molar-refractivity contribution in [2.45, 2.75) is 19.9 Å². The molecular weight excluding hydrogens is 290 g/mol. The Labute approximate surface area is 127 Å². The highest BCUT2D eigenvalue weighted by Gasteiger charge is 2.17. The van der Waals surface area contributed by atoms with Gasteiger partial charge in [0.05, 0.1) is 6.20 Å². The van der Waals surface area contributed by atoms with Crippen molar-refractivity contribution in [2.24, 2.45) is 0 Å². The second-order valence-electron chi connectivity index (χ2n) is 4.65. The first kappa shape index (κ1) is 15.3. The molecule has 110 valence electrons. The SMILES string of the molecule is CCCN(Cc1cccc(Cl)c1)C(=O)c1c[nH]c(=O)cn1. The summed E-state index contributed by atoms with van der Waals surface area (Å²) < 4.78 is 0. The molecule has 0 aliphatic rings. The molecular formula is C15H16ClN3O2. The van der Waals surface area contributed by atoms with E-state index in [4.69, 9.17) is 11.6 Å². The number of halogens is 1. The largest absolute Gasteiger partial charge is 0.333 e. The molecule has 1 amide bonds. The number of carbonyl (C=O) groups excluding carboxylic acids is 1. The molecule has 0 bridgehead atoms. The van der Waals surface area contributed by atoms with Crippen LogP contribution in [0.25, 0.3) is 0 Å². The highest BCUT2D eigenvalue weighted by Crippen LogP contribution is 2.14. The molecule has 0 radical (unpaired) electrons. The molecule has 2 rings (SSSR count). The van der Waals surface area contributed by atoms with Gasteiger partial charge in [-0.2, -0.15) is 0 Å². The highest BCUT2D eigenvalue weighted by atomic mass is 35.5. The van der Waals surface area contributed by atoms with Crippen LogP contribution in [0.15, 0.2) is 41.5 Å². The molecule has 0 aliphatic heterocycles. The van der Waals surface area contributed by atoms with E-state index in [2.05, 4.69) is 9.97 Å². The molecule has 1 aromatic heterocycles. The zero-order chi connectivity index (χ0) is 15.2. The fourth-order valence-corrected chi connectivity index (χ4v) is 2.21. The minimum Gasteiger partial charge on any atom is -0.333 e. The van der Waals surface area contributed by atoms with Crippen molar-refractivity contribution in [2.75, 3.05) is 6.54 Å². The van der Waals surface area contributed by atoms with Gasteiger partial charge in [0.25, 0.3) is 11.5 Å². The maximum atomic E-state index is 12.4. The van der Waals surface area contributed by atoms with Gasteiger partial charge in [0.15, 0.2) is 0 Å². The molecule has 0 saturated heterocycles. The van der Waals surface area contributed by atoms with Crippen LogP contribution in [0.4, 0.5) is 0 Å². The first-order valence-electron chi connectivity index (χ1n) is 6.68. The molecule has 2 aromatic rings. The molecule has 1 N–H and O–H groups in total. The van der Waals surface area contributed by atoms with Gasteiger partial charge in [-0.3, -0.25) is 9.59 Å². The average Bonchev–Trinajstić information content (AvgIpc) is 2.47. The average molecular weight is 306 g/mol. The molecule has 1 aromatic carbocycles. The van der Waals surface area contributed by atoms with Crippen LogP contribution in [-0.4, -0.2) is 27.3 Å². The second-order valence-corrected chi connectivity index (χ2v) is 5.09. The molecule has 0 spiro atoms. The van der Waals surface area contributed by atoms with Crippen molar-refractivity contribution in [3.05, 3.63) is 63.3 Å². The third-order valence-electron chi connectivity index (χ3n) is 2.93. The first-order chi connectivity index (χ1) is 10.1. The normalized spacial score (nSPS) is 10.4. The second kappa shape index (κ2) is 7.04. The Hall–Kier alpha value is -2.14. The fraction of sp³-hybridized carbons (Fsp3) is 0.267. The monoisotopic (exact) mass is 305 g/mol. The van der Waals surface area contributed by atoms with Crippen LogP contribution in [0.1, 0.15) is 29.4 Å². The maximum absolute atomic E-state index is 12.4. The molecule has 5 nitrogen and oxygen atoms in total. The Bertz CT molecular complexity index is 664. The fourth-order valence-electron chi connectivity index (χ4n) is 2.00. The lowest BCUT2D eigenvalue weighted by molar-refractivity contribution is 0.0736. The predicted molar refractivity (Wildman–Crippen MR) is 81.3 cm³/mol. The number of carbonyl (C=O) groups is 1. The van der Waals surface area contributed by atoms with Gasteiger partial charge in [-0.25, -0.2) is 4.98 Å². The number of amides is 1. The number of hydrogen-bond acceptors (Lipinski definition) is 3. The summed E-state index contributed by atoms with van der Waals surface area (Å²) in [5, 5.41) is 0.638. The lowest BCUT2D eigenvalue weighted by atomic mass is 10.2. The third kappa shape index (κ3) is 4.16. The molecule has 0 atom stereocenters. The van der Waals surface area contributed by atoms with Crippen LogP contribution in [0.2, 0.25) is 5.02 Å². The van der Waals surface area contributed by atoms with Crippen molar-refractivity contribution in [3.63, 3.8) is 0 Å². The maximum Gasteiger partial charge on any atom is 0.274 e. The van der Waals surface area contributed by atoms with E-state index in [-0.39, 0.29) is 17.2 Å². The summed E-state index contributed by atoms with van der Waals surface area (Å²) >= 11 is 5.96. The number of aromatic nitrogens is 2. The van der Waals surface area contributed by atoms with E-state index in [1.807, 2.05) is 25.1 Å². The summed E-state index contributed by atoms with van der Waals surface area (Å²) in [6.07, 6.45) is 3.28. The Morgan fingerprint density at radius 2 is 2.24 bits per heavy atom. The highest BCUT2D eigenvalue weighted by molar-refractivity contribution is 6.30. The Balaban J connectivity index is 2.19. The smallest absolute Gasteiger partial charge is 0.274 e. The predicted octanol–water partition coefficient (Wildman–Crippen LogP) is 2.48. The molecule has 0 saturated carbocycles. The van der Waals surface area contributed by atoms with E-state index in [9.17, 15) is 9.59 Å². The summed E-state index contributed by atoms with van der Waals surface area (Å²) in [7, 11) is 0. The number of benzene rings is 1. The zero-order valence-electron chi connectivity index (χ0n) is 11.7. The summed E-state index contributed by atoms with van der Waals surface area (Å²) in [5.41, 5.74) is 0.849. The number of hydrogen-bond donors (Lipinski definition) is 1. The van der Waals surface area contributed by atoms with Crippen LogP contribution in [-0.2, 0) is 6.54 Å². The van der Waals surface area contributed by atoms with Crippen LogP contribution in [0, 0.1) is 0 Å². The zero-order valence-corrected chi connectivity index (χ0v) is 12.4. The minimum absolute atomic E-state index is 0.215. The quantitative estimate of drug-likeness (QED) is 0.923. The molecule has 0 unspecified atom stereocenters. The van der Waals surface area contributed by atoms with E-state index in [1.54, 1.807) is 11.0 Å². The Kier molecular flexibility index (Phi) is 5.11. The van der Waals surface area contributed by atoms with Gasteiger partial charge in [0.1, 0.15) is 5.69 Å². The number of rotatable bonds is 5.